The Kier molecular flexibility index (Phi) is 4.48. The van der Waals surface area contributed by atoms with Crippen LogP contribution in [0.5, 0.6) is 0 Å². The van der Waals surface area contributed by atoms with Crippen LogP contribution in [-0.4, -0.2) is 30.5 Å². The van der Waals surface area contributed by atoms with Crippen LogP contribution < -0.4 is 5.32 Å². The molecule has 0 saturated carbocycles. The number of nitrogens with one attached hydrogen (secondary N) is 1. The van der Waals surface area contributed by atoms with Crippen molar-refractivity contribution in [1.29, 1.82) is 0 Å². The molecule has 1 amide bonds. The van der Waals surface area contributed by atoms with Gasteiger partial charge in [0.05, 0.1) is 16.7 Å². The molecule has 0 unspecified atom stereocenters. The van der Waals surface area contributed by atoms with Crippen LogP contribution in [0, 0.1) is 13.8 Å². The normalized spacial score (nSPS) is 10.8. The number of carbonyl (C=O) groups is 1. The third-order valence-corrected chi connectivity index (χ3v) is 4.67. The zero-order chi connectivity index (χ0) is 17.3. The van der Waals surface area contributed by atoms with E-state index in [0.29, 0.717) is 16.7 Å². The lowest BCUT2D eigenvalue weighted by atomic mass is 10.1. The summed E-state index contributed by atoms with van der Waals surface area (Å²) in [5.41, 5.74) is 3.53. The van der Waals surface area contributed by atoms with Crippen molar-refractivity contribution in [3.63, 3.8) is 0 Å². The quantitative estimate of drug-likeness (QED) is 0.745. The summed E-state index contributed by atoms with van der Waals surface area (Å²) in [4.78, 5) is 16.5. The third-order valence-electron chi connectivity index (χ3n) is 3.72. The minimum Gasteiger partial charge on any atom is -0.288 e. The van der Waals surface area contributed by atoms with Crippen molar-refractivity contribution >= 4 is 27.8 Å². The van der Waals surface area contributed by atoms with Crippen molar-refractivity contribution in [1.82, 2.24) is 24.5 Å². The van der Waals surface area contributed by atoms with Crippen LogP contribution in [0.1, 0.15) is 27.3 Å². The Morgan fingerprint density at radius 1 is 1.25 bits per heavy atom. The number of nitrogens with zero attached hydrogens (tertiary/aromatic N) is 5. The number of carbonyl (C=O) groups excluding carboxylic acids is 1. The standard InChI is InChI=1S/C16H17BrN6O/c1-10-6-4-5-7-12(10)8-23-9-18-16(21-23)19-15(24)14-13(17)11(2)20-22(14)3/h4-7,9H,8H2,1-3H3,(H,19,21,24). The number of hydrogen-bond acceptors (Lipinski definition) is 4. The molecule has 0 bridgehead atoms. The zero-order valence-corrected chi connectivity index (χ0v) is 15.2. The van der Waals surface area contributed by atoms with Crippen molar-refractivity contribution in [3.05, 3.63) is 57.6 Å². The van der Waals surface area contributed by atoms with Gasteiger partial charge < -0.3 is 0 Å². The predicted molar refractivity (Wildman–Crippen MR) is 93.9 cm³/mol. The second-order valence-corrected chi connectivity index (χ2v) is 6.31. The van der Waals surface area contributed by atoms with Gasteiger partial charge in [0.25, 0.3) is 5.91 Å². The summed E-state index contributed by atoms with van der Waals surface area (Å²) < 4.78 is 3.89. The van der Waals surface area contributed by atoms with Gasteiger partial charge in [0.2, 0.25) is 5.95 Å². The number of hydrogen-bond donors (Lipinski definition) is 1. The van der Waals surface area contributed by atoms with Gasteiger partial charge in [0, 0.05) is 7.05 Å². The SMILES string of the molecule is Cc1ccccc1Cn1cnc(NC(=O)c2c(Br)c(C)nn2C)n1. The highest BCUT2D eigenvalue weighted by molar-refractivity contribution is 9.10. The molecule has 7 nitrogen and oxygen atoms in total. The number of rotatable bonds is 4. The van der Waals surface area contributed by atoms with Crippen LogP contribution in [0.25, 0.3) is 0 Å². The molecule has 0 radical (unpaired) electrons. The van der Waals surface area contributed by atoms with Crippen molar-refractivity contribution < 1.29 is 4.79 Å². The first-order valence-electron chi connectivity index (χ1n) is 7.40. The van der Waals surface area contributed by atoms with Crippen LogP contribution >= 0.6 is 15.9 Å². The van der Waals surface area contributed by atoms with Crippen LogP contribution in [-0.2, 0) is 13.6 Å². The number of anilines is 1. The van der Waals surface area contributed by atoms with Crippen LogP contribution in [0.2, 0.25) is 0 Å². The molecule has 3 aromatic rings. The largest absolute Gasteiger partial charge is 0.288 e. The Hall–Kier alpha value is -2.48. The Balaban J connectivity index is 1.74. The van der Waals surface area contributed by atoms with E-state index in [1.54, 1.807) is 18.1 Å². The monoisotopic (exact) mass is 388 g/mol. The minimum atomic E-state index is -0.307. The van der Waals surface area contributed by atoms with E-state index in [2.05, 4.69) is 49.4 Å². The van der Waals surface area contributed by atoms with E-state index in [1.165, 1.54) is 10.2 Å². The summed E-state index contributed by atoms with van der Waals surface area (Å²) in [5, 5.41) is 11.2. The molecule has 0 aliphatic heterocycles. The zero-order valence-electron chi connectivity index (χ0n) is 13.6. The van der Waals surface area contributed by atoms with E-state index in [4.69, 9.17) is 0 Å². The third kappa shape index (κ3) is 3.23. The molecule has 2 heterocycles. The lowest BCUT2D eigenvalue weighted by molar-refractivity contribution is 0.101. The number of halogens is 1. The minimum absolute atomic E-state index is 0.263. The second kappa shape index (κ2) is 6.56. The second-order valence-electron chi connectivity index (χ2n) is 5.52. The van der Waals surface area contributed by atoms with Crippen molar-refractivity contribution in [2.75, 3.05) is 5.32 Å². The molecule has 0 aliphatic rings. The number of aryl methyl sites for hydroxylation is 3. The van der Waals surface area contributed by atoms with Gasteiger partial charge in [-0.2, -0.15) is 5.10 Å². The van der Waals surface area contributed by atoms with E-state index in [9.17, 15) is 4.79 Å². The van der Waals surface area contributed by atoms with Gasteiger partial charge in [-0.3, -0.25) is 14.8 Å². The van der Waals surface area contributed by atoms with Gasteiger partial charge in [-0.1, -0.05) is 24.3 Å². The van der Waals surface area contributed by atoms with Crippen molar-refractivity contribution in [3.8, 4) is 0 Å². The fraction of sp³-hybridized carbons (Fsp3) is 0.250. The van der Waals surface area contributed by atoms with Gasteiger partial charge in [-0.15, -0.1) is 5.10 Å². The lowest BCUT2D eigenvalue weighted by Gasteiger charge is -2.05. The first-order chi connectivity index (χ1) is 11.5. The Labute approximate surface area is 147 Å². The summed E-state index contributed by atoms with van der Waals surface area (Å²) in [6, 6.07) is 8.09. The molecule has 124 valence electrons. The Morgan fingerprint density at radius 2 is 2.00 bits per heavy atom. The molecule has 1 N–H and O–H groups in total. The molecule has 1 aromatic carbocycles. The van der Waals surface area contributed by atoms with Gasteiger partial charge >= 0.3 is 0 Å². The molecule has 8 heteroatoms. The predicted octanol–water partition coefficient (Wildman–Crippen LogP) is 2.69. The molecular formula is C16H17BrN6O. The molecular weight excluding hydrogens is 372 g/mol. The average Bonchev–Trinajstić information content (AvgIpc) is 3.06. The average molecular weight is 389 g/mol. The summed E-state index contributed by atoms with van der Waals surface area (Å²) in [6.45, 7) is 4.48. The van der Waals surface area contributed by atoms with Crippen molar-refractivity contribution in [2.45, 2.75) is 20.4 Å². The number of benzene rings is 1. The highest BCUT2D eigenvalue weighted by Gasteiger charge is 2.19. The molecule has 0 fully saturated rings. The highest BCUT2D eigenvalue weighted by Crippen LogP contribution is 2.20. The molecule has 24 heavy (non-hydrogen) atoms. The van der Waals surface area contributed by atoms with Gasteiger partial charge in [-0.25, -0.2) is 9.67 Å². The number of amides is 1. The maximum atomic E-state index is 12.4. The highest BCUT2D eigenvalue weighted by atomic mass is 79.9. The first kappa shape index (κ1) is 16.4. The smallest absolute Gasteiger partial charge is 0.277 e. The summed E-state index contributed by atoms with van der Waals surface area (Å²) in [6.07, 6.45) is 1.60. The van der Waals surface area contributed by atoms with E-state index in [-0.39, 0.29) is 11.9 Å². The van der Waals surface area contributed by atoms with Gasteiger partial charge in [0.15, 0.2) is 0 Å². The Morgan fingerprint density at radius 3 is 2.67 bits per heavy atom. The molecule has 2 aromatic heterocycles. The lowest BCUT2D eigenvalue weighted by Crippen LogP contribution is -2.17. The first-order valence-corrected chi connectivity index (χ1v) is 8.19. The van der Waals surface area contributed by atoms with Crippen LogP contribution in [0.3, 0.4) is 0 Å². The van der Waals surface area contributed by atoms with Crippen molar-refractivity contribution in [2.24, 2.45) is 7.05 Å². The molecule has 0 atom stereocenters. The maximum Gasteiger partial charge on any atom is 0.277 e. The summed E-state index contributed by atoms with van der Waals surface area (Å²) in [5.74, 6) is -0.0436. The van der Waals surface area contributed by atoms with E-state index in [1.807, 2.05) is 25.1 Å². The number of aromatic nitrogens is 5. The molecule has 0 spiro atoms. The van der Waals surface area contributed by atoms with Gasteiger partial charge in [0.1, 0.15) is 12.0 Å². The van der Waals surface area contributed by atoms with E-state index < -0.39 is 0 Å². The Bertz CT molecular complexity index is 898. The maximum absolute atomic E-state index is 12.4. The summed E-state index contributed by atoms with van der Waals surface area (Å²) in [7, 11) is 1.72. The van der Waals surface area contributed by atoms with Crippen LogP contribution in [0.15, 0.2) is 35.1 Å². The molecule has 0 aliphatic carbocycles. The van der Waals surface area contributed by atoms with E-state index in [0.717, 1.165) is 11.3 Å². The fourth-order valence-corrected chi connectivity index (χ4v) is 2.95. The fourth-order valence-electron chi connectivity index (χ4n) is 2.43. The van der Waals surface area contributed by atoms with Gasteiger partial charge in [-0.05, 0) is 40.9 Å². The topological polar surface area (TPSA) is 77.6 Å². The summed E-state index contributed by atoms with van der Waals surface area (Å²) >= 11 is 3.38. The molecule has 0 saturated heterocycles. The molecule has 3 rings (SSSR count). The van der Waals surface area contributed by atoms with E-state index >= 15 is 0 Å². The van der Waals surface area contributed by atoms with Crippen LogP contribution in [0.4, 0.5) is 5.95 Å².